The number of non-ortho nitro benzene ring substituents is 1. The molecule has 0 aliphatic rings. The van der Waals surface area contributed by atoms with Gasteiger partial charge >= 0.3 is 0 Å². The van der Waals surface area contributed by atoms with Gasteiger partial charge in [-0.1, -0.05) is 11.6 Å². The summed E-state index contributed by atoms with van der Waals surface area (Å²) in [7, 11) is 0. The number of nitrogens with zero attached hydrogens (tertiary/aromatic N) is 4. The highest BCUT2D eigenvalue weighted by Gasteiger charge is 2.24. The fourth-order valence-electron chi connectivity index (χ4n) is 1.89. The van der Waals surface area contributed by atoms with Gasteiger partial charge in [-0.2, -0.15) is 10.5 Å². The van der Waals surface area contributed by atoms with Crippen LogP contribution in [-0.4, -0.2) is 15.7 Å². The van der Waals surface area contributed by atoms with E-state index in [1.165, 1.54) is 12.1 Å². The molecule has 0 spiro atoms. The molecule has 0 saturated carbocycles. The zero-order valence-electron chi connectivity index (χ0n) is 11.3. The van der Waals surface area contributed by atoms with Crippen molar-refractivity contribution in [1.82, 2.24) is 4.98 Å². The molecule has 0 radical (unpaired) electrons. The van der Waals surface area contributed by atoms with E-state index in [4.69, 9.17) is 27.9 Å². The number of ketones is 1. The van der Waals surface area contributed by atoms with E-state index in [1.807, 2.05) is 0 Å². The van der Waals surface area contributed by atoms with Crippen molar-refractivity contribution in [2.24, 2.45) is 0 Å². The van der Waals surface area contributed by atoms with Gasteiger partial charge in [-0.15, -0.1) is 0 Å². The third-order valence-corrected chi connectivity index (χ3v) is 3.25. The van der Waals surface area contributed by atoms with E-state index in [2.05, 4.69) is 4.98 Å². The van der Waals surface area contributed by atoms with Crippen LogP contribution in [0.25, 0.3) is 0 Å². The Labute approximate surface area is 134 Å². The Balaban J connectivity index is 2.66. The number of rotatable bonds is 3. The summed E-state index contributed by atoms with van der Waals surface area (Å²) in [6.45, 7) is 0. The van der Waals surface area contributed by atoms with Crippen LogP contribution in [-0.2, 0) is 0 Å². The van der Waals surface area contributed by atoms with Crippen molar-refractivity contribution in [3.63, 3.8) is 0 Å². The van der Waals surface area contributed by atoms with Gasteiger partial charge in [0.15, 0.2) is 5.78 Å². The standard InChI is InChI=1S/C14H6ClN5O3/c15-13-9(5-16)11(10(6-17)14(18)19-13)12(21)7-1-3-8(4-2-7)20(22)23/h1-4H,(H2,18,19). The van der Waals surface area contributed by atoms with Gasteiger partial charge in [-0.05, 0) is 12.1 Å². The number of nitrogens with two attached hydrogens (primary N) is 1. The molecule has 23 heavy (non-hydrogen) atoms. The van der Waals surface area contributed by atoms with Crippen LogP contribution in [0.4, 0.5) is 11.5 Å². The molecule has 2 aromatic rings. The SMILES string of the molecule is N#Cc1c(N)nc(Cl)c(C#N)c1C(=O)c1ccc([N+](=O)[O-])cc1. The monoisotopic (exact) mass is 327 g/mol. The highest BCUT2D eigenvalue weighted by molar-refractivity contribution is 6.31. The quantitative estimate of drug-likeness (QED) is 0.393. The molecule has 1 aromatic carbocycles. The number of hydrogen-bond acceptors (Lipinski definition) is 7. The number of benzene rings is 1. The summed E-state index contributed by atoms with van der Waals surface area (Å²) in [5.41, 5.74) is 4.59. The zero-order chi connectivity index (χ0) is 17.1. The van der Waals surface area contributed by atoms with Crippen molar-refractivity contribution in [3.05, 3.63) is 61.8 Å². The first-order chi connectivity index (χ1) is 10.9. The van der Waals surface area contributed by atoms with Gasteiger partial charge in [-0.3, -0.25) is 14.9 Å². The molecule has 1 aromatic heterocycles. The summed E-state index contributed by atoms with van der Waals surface area (Å²) in [6.07, 6.45) is 0. The lowest BCUT2D eigenvalue weighted by molar-refractivity contribution is -0.384. The van der Waals surface area contributed by atoms with Gasteiger partial charge in [0, 0.05) is 17.7 Å². The summed E-state index contributed by atoms with van der Waals surface area (Å²) in [5, 5.41) is 28.7. The summed E-state index contributed by atoms with van der Waals surface area (Å²) in [6, 6.07) is 8.14. The first-order valence-electron chi connectivity index (χ1n) is 5.99. The Morgan fingerprint density at radius 3 is 2.26 bits per heavy atom. The third-order valence-electron chi connectivity index (χ3n) is 2.97. The van der Waals surface area contributed by atoms with Gasteiger partial charge in [0.1, 0.15) is 34.2 Å². The minimum atomic E-state index is -0.705. The average molecular weight is 328 g/mol. The van der Waals surface area contributed by atoms with Gasteiger partial charge in [0.2, 0.25) is 0 Å². The average Bonchev–Trinajstić information content (AvgIpc) is 2.53. The van der Waals surface area contributed by atoms with E-state index in [0.29, 0.717) is 0 Å². The number of carbonyl (C=O) groups excluding carboxylic acids is 1. The largest absolute Gasteiger partial charge is 0.383 e. The number of hydrogen-bond donors (Lipinski definition) is 1. The molecule has 0 aliphatic heterocycles. The van der Waals surface area contributed by atoms with Crippen molar-refractivity contribution >= 4 is 28.9 Å². The summed E-state index contributed by atoms with van der Waals surface area (Å²) in [4.78, 5) is 26.2. The number of halogens is 1. The van der Waals surface area contributed by atoms with Crippen LogP contribution in [0.1, 0.15) is 27.0 Å². The Kier molecular flexibility index (Phi) is 4.21. The van der Waals surface area contributed by atoms with Gasteiger partial charge < -0.3 is 5.73 Å². The number of nitro benzene ring substituents is 1. The second-order valence-corrected chi connectivity index (χ2v) is 4.63. The molecule has 0 bridgehead atoms. The molecule has 1 heterocycles. The molecular formula is C14H6ClN5O3. The first-order valence-corrected chi connectivity index (χ1v) is 6.36. The second kappa shape index (κ2) is 6.10. The number of anilines is 1. The molecule has 2 rings (SSSR count). The van der Waals surface area contributed by atoms with Crippen LogP contribution in [0.15, 0.2) is 24.3 Å². The topological polar surface area (TPSA) is 147 Å². The van der Waals surface area contributed by atoms with E-state index in [9.17, 15) is 14.9 Å². The molecule has 0 fully saturated rings. The van der Waals surface area contributed by atoms with Crippen molar-refractivity contribution in [2.45, 2.75) is 0 Å². The maximum Gasteiger partial charge on any atom is 0.269 e. The highest BCUT2D eigenvalue weighted by Crippen LogP contribution is 2.27. The van der Waals surface area contributed by atoms with Crippen LogP contribution in [0.3, 0.4) is 0 Å². The molecule has 0 unspecified atom stereocenters. The first kappa shape index (κ1) is 15.9. The normalized spacial score (nSPS) is 9.70. The highest BCUT2D eigenvalue weighted by atomic mass is 35.5. The fraction of sp³-hybridized carbons (Fsp3) is 0. The number of nitro groups is 1. The molecule has 8 nitrogen and oxygen atoms in total. The Bertz CT molecular complexity index is 872. The van der Waals surface area contributed by atoms with Crippen LogP contribution in [0, 0.1) is 32.8 Å². The molecule has 112 valence electrons. The maximum atomic E-state index is 12.6. The van der Waals surface area contributed by atoms with Crippen LogP contribution < -0.4 is 5.73 Å². The van der Waals surface area contributed by atoms with Crippen molar-refractivity contribution in [3.8, 4) is 12.1 Å². The predicted molar refractivity (Wildman–Crippen MR) is 79.6 cm³/mol. The lowest BCUT2D eigenvalue weighted by Gasteiger charge is -2.09. The van der Waals surface area contributed by atoms with E-state index in [-0.39, 0.29) is 38.9 Å². The molecule has 0 aliphatic carbocycles. The van der Waals surface area contributed by atoms with Crippen molar-refractivity contribution in [1.29, 1.82) is 10.5 Å². The van der Waals surface area contributed by atoms with Crippen molar-refractivity contribution < 1.29 is 9.72 Å². The lowest BCUT2D eigenvalue weighted by Crippen LogP contribution is -2.11. The van der Waals surface area contributed by atoms with Gasteiger partial charge in [0.25, 0.3) is 5.69 Å². The lowest BCUT2D eigenvalue weighted by atomic mass is 9.95. The van der Waals surface area contributed by atoms with E-state index in [0.717, 1.165) is 12.1 Å². The molecule has 0 atom stereocenters. The van der Waals surface area contributed by atoms with Crippen molar-refractivity contribution in [2.75, 3.05) is 5.73 Å². The molecule has 0 amide bonds. The minimum absolute atomic E-state index is 0.0465. The van der Waals surface area contributed by atoms with Crippen LogP contribution in [0.2, 0.25) is 5.15 Å². The smallest absolute Gasteiger partial charge is 0.269 e. The Morgan fingerprint density at radius 1 is 1.22 bits per heavy atom. The molecular weight excluding hydrogens is 322 g/mol. The second-order valence-electron chi connectivity index (χ2n) is 4.27. The number of carbonyl (C=O) groups is 1. The van der Waals surface area contributed by atoms with Crippen LogP contribution >= 0.6 is 11.6 Å². The molecule has 9 heteroatoms. The third kappa shape index (κ3) is 2.79. The van der Waals surface area contributed by atoms with Gasteiger partial charge in [-0.25, -0.2) is 4.98 Å². The minimum Gasteiger partial charge on any atom is -0.383 e. The van der Waals surface area contributed by atoms with E-state index < -0.39 is 10.7 Å². The summed E-state index contributed by atoms with van der Waals surface area (Å²) in [5.74, 6) is -0.981. The molecule has 2 N–H and O–H groups in total. The van der Waals surface area contributed by atoms with E-state index in [1.54, 1.807) is 12.1 Å². The maximum absolute atomic E-state index is 12.6. The summed E-state index contributed by atoms with van der Waals surface area (Å²) >= 11 is 5.80. The number of aromatic nitrogens is 1. The van der Waals surface area contributed by atoms with Gasteiger partial charge in [0.05, 0.1) is 10.5 Å². The fourth-order valence-corrected chi connectivity index (χ4v) is 2.12. The number of nitrogen functional groups attached to an aromatic ring is 1. The number of pyridine rings is 1. The van der Waals surface area contributed by atoms with Crippen LogP contribution in [0.5, 0.6) is 0 Å². The van der Waals surface area contributed by atoms with E-state index >= 15 is 0 Å². The summed E-state index contributed by atoms with van der Waals surface area (Å²) < 4.78 is 0. The zero-order valence-corrected chi connectivity index (χ0v) is 12.0. The Hall–Kier alpha value is -3.49. The Morgan fingerprint density at radius 2 is 1.78 bits per heavy atom. The number of nitriles is 2. The predicted octanol–water partition coefficient (Wildman–Crippen LogP) is 2.20. The molecule has 0 saturated heterocycles.